The summed E-state index contributed by atoms with van der Waals surface area (Å²) >= 11 is 0. The van der Waals surface area contributed by atoms with Gasteiger partial charge < -0.3 is 16.2 Å². The van der Waals surface area contributed by atoms with Gasteiger partial charge >= 0.3 is 5.97 Å². The van der Waals surface area contributed by atoms with Crippen LogP contribution in [-0.4, -0.2) is 23.0 Å². The molecular formula is C11H14N2O3. The van der Waals surface area contributed by atoms with Gasteiger partial charge in [-0.05, 0) is 12.5 Å². The highest BCUT2D eigenvalue weighted by Gasteiger charge is 2.22. The summed E-state index contributed by atoms with van der Waals surface area (Å²) in [6.45, 7) is 1.48. The first-order valence-electron chi connectivity index (χ1n) is 5.31. The van der Waals surface area contributed by atoms with Crippen molar-refractivity contribution in [2.75, 3.05) is 0 Å². The number of carboxylic acid groups (broad SMARTS) is 1. The predicted molar refractivity (Wildman–Crippen MR) is 58.6 cm³/mol. The van der Waals surface area contributed by atoms with Crippen molar-refractivity contribution in [3.63, 3.8) is 0 Å². The molecule has 5 nitrogen and oxygen atoms in total. The summed E-state index contributed by atoms with van der Waals surface area (Å²) < 4.78 is 6.84. The fourth-order valence-corrected chi connectivity index (χ4v) is 1.20. The fraction of sp³-hybridized carbons (Fsp3) is 0.273. The summed E-state index contributed by atoms with van der Waals surface area (Å²) in [7, 11) is 0. The van der Waals surface area contributed by atoms with Crippen LogP contribution in [0.15, 0.2) is 30.3 Å². The maximum absolute atomic E-state index is 11.5. The highest BCUT2D eigenvalue weighted by atomic mass is 16.4. The Hall–Kier alpha value is -1.88. The first-order chi connectivity index (χ1) is 8.06. The average Bonchev–Trinajstić information content (AvgIpc) is 2.35. The van der Waals surface area contributed by atoms with Gasteiger partial charge in [0.1, 0.15) is 1.41 Å². The maximum atomic E-state index is 11.5. The van der Waals surface area contributed by atoms with Crippen LogP contribution in [0, 0.1) is 0 Å². The maximum Gasteiger partial charge on any atom is 0.330 e. The minimum absolute atomic E-state index is 0.491. The van der Waals surface area contributed by atoms with Crippen LogP contribution in [0.25, 0.3) is 0 Å². The third kappa shape index (κ3) is 3.06. The zero-order valence-corrected chi connectivity index (χ0v) is 8.81. The van der Waals surface area contributed by atoms with Crippen molar-refractivity contribution in [2.24, 2.45) is 5.73 Å². The Morgan fingerprint density at radius 2 is 2.06 bits per heavy atom. The summed E-state index contributed by atoms with van der Waals surface area (Å²) in [6.07, 6.45) is 0. The number of benzene rings is 1. The number of amides is 1. The summed E-state index contributed by atoms with van der Waals surface area (Å²) in [4.78, 5) is 22.6. The lowest BCUT2D eigenvalue weighted by molar-refractivity contribution is -0.142. The van der Waals surface area contributed by atoms with Crippen LogP contribution in [0.1, 0.15) is 18.5 Å². The molecule has 0 aliphatic carbocycles. The second kappa shape index (κ2) is 5.27. The molecule has 0 fully saturated rings. The van der Waals surface area contributed by atoms with Crippen LogP contribution in [0.4, 0.5) is 0 Å². The van der Waals surface area contributed by atoms with E-state index in [9.17, 15) is 9.59 Å². The molecule has 1 amide bonds. The first kappa shape index (κ1) is 10.6. The molecule has 86 valence electrons. The zero-order chi connectivity index (χ0) is 12.8. The second-order valence-electron chi connectivity index (χ2n) is 3.41. The Balaban J connectivity index is 2.82. The Bertz CT molecular complexity index is 397. The second-order valence-corrected chi connectivity index (χ2v) is 3.41. The van der Waals surface area contributed by atoms with Gasteiger partial charge in [-0.15, -0.1) is 0 Å². The van der Waals surface area contributed by atoms with Crippen LogP contribution in [-0.2, 0) is 9.59 Å². The third-order valence-electron chi connectivity index (χ3n) is 2.06. The lowest BCUT2D eigenvalue weighted by Gasteiger charge is -2.16. The van der Waals surface area contributed by atoms with Gasteiger partial charge in [-0.25, -0.2) is 4.79 Å². The monoisotopic (exact) mass is 223 g/mol. The van der Waals surface area contributed by atoms with Crippen molar-refractivity contribution in [1.29, 1.82) is 0 Å². The summed E-state index contributed by atoms with van der Waals surface area (Å²) in [6, 6.07) is 6.54. The van der Waals surface area contributed by atoms with Crippen molar-refractivity contribution in [3.8, 4) is 0 Å². The van der Waals surface area contributed by atoms with Gasteiger partial charge in [0.2, 0.25) is 5.91 Å². The van der Waals surface area contributed by atoms with Crippen molar-refractivity contribution in [3.05, 3.63) is 35.9 Å². The van der Waals surface area contributed by atoms with E-state index in [2.05, 4.69) is 5.32 Å². The SMILES string of the molecule is [2H]N[C@@H](C)C(=O)NC(C(=O)O)c1ccccc1. The largest absolute Gasteiger partial charge is 0.479 e. The third-order valence-corrected chi connectivity index (χ3v) is 2.06. The van der Waals surface area contributed by atoms with E-state index >= 15 is 0 Å². The molecule has 0 saturated heterocycles. The first-order valence-corrected chi connectivity index (χ1v) is 4.81. The van der Waals surface area contributed by atoms with E-state index in [0.29, 0.717) is 5.56 Å². The molecule has 0 aromatic heterocycles. The van der Waals surface area contributed by atoms with Gasteiger partial charge in [-0.3, -0.25) is 4.79 Å². The average molecular weight is 223 g/mol. The summed E-state index contributed by atoms with van der Waals surface area (Å²) in [5, 5.41) is 11.4. The molecular weight excluding hydrogens is 208 g/mol. The Morgan fingerprint density at radius 3 is 2.56 bits per heavy atom. The highest BCUT2D eigenvalue weighted by Crippen LogP contribution is 2.12. The van der Waals surface area contributed by atoms with E-state index in [1.54, 1.807) is 30.3 Å². The van der Waals surface area contributed by atoms with Gasteiger partial charge in [-0.1, -0.05) is 30.3 Å². The van der Waals surface area contributed by atoms with Gasteiger partial charge in [0.15, 0.2) is 6.04 Å². The van der Waals surface area contributed by atoms with E-state index in [4.69, 9.17) is 6.52 Å². The Labute approximate surface area is 94.7 Å². The molecule has 1 aromatic carbocycles. The minimum Gasteiger partial charge on any atom is -0.479 e. The van der Waals surface area contributed by atoms with E-state index in [1.807, 2.05) is 5.73 Å². The lowest BCUT2D eigenvalue weighted by atomic mass is 10.1. The number of carbonyl (C=O) groups excluding carboxylic acids is 1. The van der Waals surface area contributed by atoms with Gasteiger partial charge in [0, 0.05) is 0 Å². The number of nitrogens with one attached hydrogen (secondary N) is 1. The van der Waals surface area contributed by atoms with Crippen molar-refractivity contribution in [2.45, 2.75) is 19.0 Å². The molecule has 0 heterocycles. The number of nitrogens with two attached hydrogens (primary N) is 1. The molecule has 0 aliphatic heterocycles. The molecule has 0 saturated carbocycles. The van der Waals surface area contributed by atoms with E-state index in [-0.39, 0.29) is 0 Å². The molecule has 0 aliphatic rings. The molecule has 0 radical (unpaired) electrons. The van der Waals surface area contributed by atoms with Crippen molar-refractivity contribution < 1.29 is 16.1 Å². The number of carbonyl (C=O) groups is 2. The Kier molecular flexibility index (Phi) is 3.50. The molecule has 4 N–H and O–H groups in total. The molecule has 2 atom stereocenters. The molecule has 0 spiro atoms. The highest BCUT2D eigenvalue weighted by molar-refractivity contribution is 5.87. The molecule has 1 rings (SSSR count). The van der Waals surface area contributed by atoms with Crippen LogP contribution in [0.2, 0.25) is 1.41 Å². The van der Waals surface area contributed by atoms with E-state index in [1.165, 1.54) is 6.92 Å². The quantitative estimate of drug-likeness (QED) is 0.668. The molecule has 16 heavy (non-hydrogen) atoms. The number of carboxylic acids is 1. The number of rotatable bonds is 5. The smallest absolute Gasteiger partial charge is 0.330 e. The molecule has 1 aromatic rings. The lowest BCUT2D eigenvalue weighted by Crippen LogP contribution is -2.42. The standard InChI is InChI=1S/C11H14N2O3/c1-7(12)10(14)13-9(11(15)16)8-5-3-2-4-6-8/h2-7,9H,12H2,1H3,(H,13,14)(H,15,16)/t7-,9?/m0/s1/i/hD. The fourth-order valence-electron chi connectivity index (χ4n) is 1.20. The van der Waals surface area contributed by atoms with Crippen LogP contribution < -0.4 is 11.0 Å². The van der Waals surface area contributed by atoms with Crippen LogP contribution >= 0.6 is 0 Å². The van der Waals surface area contributed by atoms with Gasteiger partial charge in [0.25, 0.3) is 0 Å². The Morgan fingerprint density at radius 1 is 1.44 bits per heavy atom. The number of aliphatic carboxylic acids is 1. The van der Waals surface area contributed by atoms with Crippen LogP contribution in [0.5, 0.6) is 0 Å². The van der Waals surface area contributed by atoms with Crippen molar-refractivity contribution >= 4 is 11.9 Å². The van der Waals surface area contributed by atoms with E-state index < -0.39 is 24.0 Å². The van der Waals surface area contributed by atoms with Crippen LogP contribution in [0.3, 0.4) is 0 Å². The minimum atomic E-state index is -1.14. The van der Waals surface area contributed by atoms with Crippen molar-refractivity contribution in [1.82, 2.24) is 5.32 Å². The summed E-state index contributed by atoms with van der Waals surface area (Å²) in [5.74, 6) is -1.67. The topological polar surface area (TPSA) is 92.4 Å². The molecule has 0 bridgehead atoms. The van der Waals surface area contributed by atoms with Gasteiger partial charge in [0.05, 0.1) is 6.04 Å². The number of hydrogen-bond donors (Lipinski definition) is 3. The summed E-state index contributed by atoms with van der Waals surface area (Å²) in [5.41, 5.74) is 2.50. The van der Waals surface area contributed by atoms with E-state index in [0.717, 1.165) is 0 Å². The molecule has 5 heteroatoms. The molecule has 1 unspecified atom stereocenters. The zero-order valence-electron chi connectivity index (χ0n) is 9.81. The van der Waals surface area contributed by atoms with Gasteiger partial charge in [-0.2, -0.15) is 0 Å². The normalized spacial score (nSPS) is 14.7. The number of hydrogen-bond acceptors (Lipinski definition) is 3. The predicted octanol–water partition coefficient (Wildman–Crippen LogP) is 0.276.